The lowest BCUT2D eigenvalue weighted by molar-refractivity contribution is -0.185. The summed E-state index contributed by atoms with van der Waals surface area (Å²) in [5.74, 6) is -10.4. The Morgan fingerprint density at radius 1 is 0.711 bits per heavy atom. The van der Waals surface area contributed by atoms with Crippen LogP contribution >= 0.6 is 0 Å². The van der Waals surface area contributed by atoms with Crippen molar-refractivity contribution in [3.05, 3.63) is 70.0 Å². The summed E-state index contributed by atoms with van der Waals surface area (Å²) in [4.78, 5) is 35.9. The first kappa shape index (κ1) is 30.8. The van der Waals surface area contributed by atoms with E-state index >= 15 is 0 Å². The fraction of sp³-hybridized carbons (Fsp3) is 0.222. The third kappa shape index (κ3) is 5.56. The molecule has 2 aromatic carbocycles. The number of ether oxygens (including phenoxy) is 4. The van der Waals surface area contributed by atoms with E-state index in [2.05, 4.69) is 0 Å². The van der Waals surface area contributed by atoms with Crippen molar-refractivity contribution >= 4 is 22.9 Å². The van der Waals surface area contributed by atoms with Crippen LogP contribution in [0.2, 0.25) is 0 Å². The molecule has 3 aromatic rings. The summed E-state index contributed by atoms with van der Waals surface area (Å²) < 4.78 is 26.4. The number of benzene rings is 2. The number of aliphatic hydroxyl groups is 5. The molecule has 0 fully saturated rings. The Labute approximate surface area is 248 Å². The minimum atomic E-state index is -2.33. The quantitative estimate of drug-likeness (QED) is 0.143. The Hall–Kier alpha value is -5.69. The lowest BCUT2D eigenvalue weighted by atomic mass is 10.0. The third-order valence-corrected chi connectivity index (χ3v) is 6.64. The maximum atomic E-state index is 12.8. The summed E-state index contributed by atoms with van der Waals surface area (Å²) in [6, 6.07) is 6.37. The molecule has 0 aliphatic carbocycles. The summed E-state index contributed by atoms with van der Waals surface area (Å²) >= 11 is 0. The highest BCUT2D eigenvalue weighted by atomic mass is 16.7. The minimum Gasteiger partial charge on any atom is -0.507 e. The van der Waals surface area contributed by atoms with Crippen molar-refractivity contribution in [3.8, 4) is 34.3 Å². The molecule has 10 N–H and O–H groups in total. The Morgan fingerprint density at radius 2 is 1.33 bits per heavy atom. The van der Waals surface area contributed by atoms with Crippen LogP contribution in [-0.4, -0.2) is 99.6 Å². The molecule has 238 valence electrons. The molecule has 4 unspecified atom stereocenters. The molecule has 18 nitrogen and oxygen atoms in total. The first-order valence-electron chi connectivity index (χ1n) is 12.5. The number of carbonyl (C=O) groups is 2. The zero-order valence-electron chi connectivity index (χ0n) is 22.2. The molecule has 2 aliphatic heterocycles. The number of hydrogen-bond acceptors (Lipinski definition) is 16. The van der Waals surface area contributed by atoms with Gasteiger partial charge in [-0.05, 0) is 18.2 Å². The van der Waals surface area contributed by atoms with Crippen molar-refractivity contribution in [2.75, 3.05) is 0 Å². The first-order valence-corrected chi connectivity index (χ1v) is 12.5. The van der Waals surface area contributed by atoms with Crippen LogP contribution in [-0.2, 0) is 23.8 Å². The number of phenols is 3. The molecule has 0 saturated heterocycles. The number of carboxylic acid groups (broad SMARTS) is 2. The SMILES string of the molecule is O=C(O)C1OC(OC2=C(Oc3cc(O)c4c(=O)cc(-c5ccc(O)c(O)c5)oc4c3)OC(C(=O)O)[C@@H](O)C2O)=C(O)C(O)[C@@H]1O. The predicted molar refractivity (Wildman–Crippen MR) is 140 cm³/mol. The second kappa shape index (κ2) is 11.4. The summed E-state index contributed by atoms with van der Waals surface area (Å²) in [7, 11) is 0. The lowest BCUT2D eigenvalue weighted by Crippen LogP contribution is -2.51. The van der Waals surface area contributed by atoms with Gasteiger partial charge in [0.05, 0.1) is 0 Å². The second-order valence-corrected chi connectivity index (χ2v) is 9.65. The van der Waals surface area contributed by atoms with Crippen LogP contribution in [0.15, 0.2) is 69.0 Å². The summed E-state index contributed by atoms with van der Waals surface area (Å²) in [5.41, 5.74) is -0.945. The molecule has 2 aliphatic rings. The number of rotatable bonds is 7. The Kier molecular flexibility index (Phi) is 7.81. The number of phenolic OH excluding ortho intramolecular Hbond substituents is 3. The van der Waals surface area contributed by atoms with Crippen molar-refractivity contribution in [1.82, 2.24) is 0 Å². The largest absolute Gasteiger partial charge is 0.507 e. The Morgan fingerprint density at radius 3 is 1.96 bits per heavy atom. The van der Waals surface area contributed by atoms with Gasteiger partial charge in [0.1, 0.15) is 52.6 Å². The fourth-order valence-corrected chi connectivity index (χ4v) is 4.35. The third-order valence-electron chi connectivity index (χ3n) is 6.64. The molecule has 0 bridgehead atoms. The van der Waals surface area contributed by atoms with E-state index in [4.69, 9.17) is 23.4 Å². The highest BCUT2D eigenvalue weighted by Gasteiger charge is 2.48. The van der Waals surface area contributed by atoms with Crippen molar-refractivity contribution in [3.63, 3.8) is 0 Å². The highest BCUT2D eigenvalue weighted by molar-refractivity contribution is 5.86. The van der Waals surface area contributed by atoms with E-state index in [-0.39, 0.29) is 22.3 Å². The van der Waals surface area contributed by atoms with Gasteiger partial charge in [-0.2, -0.15) is 0 Å². The van der Waals surface area contributed by atoms with Crippen LogP contribution in [0.4, 0.5) is 0 Å². The number of aliphatic carboxylic acids is 2. The van der Waals surface area contributed by atoms with Gasteiger partial charge in [-0.3, -0.25) is 4.79 Å². The number of fused-ring (bicyclic) bond motifs is 1. The maximum absolute atomic E-state index is 12.8. The van der Waals surface area contributed by atoms with Crippen molar-refractivity contribution in [2.45, 2.75) is 36.6 Å². The molecule has 0 amide bonds. The summed E-state index contributed by atoms with van der Waals surface area (Å²) in [5, 5.41) is 99.6. The van der Waals surface area contributed by atoms with Crippen molar-refractivity contribution < 1.29 is 84.0 Å². The van der Waals surface area contributed by atoms with E-state index in [1.165, 1.54) is 6.07 Å². The van der Waals surface area contributed by atoms with Crippen LogP contribution in [0.1, 0.15) is 0 Å². The number of aromatic hydroxyl groups is 3. The average Bonchev–Trinajstić information content (AvgIpc) is 2.97. The molecule has 1 aromatic heterocycles. The van der Waals surface area contributed by atoms with Crippen molar-refractivity contribution in [2.24, 2.45) is 0 Å². The molecule has 6 atom stereocenters. The molecule has 0 saturated carbocycles. The number of aliphatic hydroxyl groups excluding tert-OH is 5. The van der Waals surface area contributed by atoms with E-state index in [1.807, 2.05) is 0 Å². The van der Waals surface area contributed by atoms with E-state index in [0.29, 0.717) is 0 Å². The molecular formula is C27H22O18. The fourth-order valence-electron chi connectivity index (χ4n) is 4.35. The van der Waals surface area contributed by atoms with E-state index in [9.17, 15) is 65.4 Å². The van der Waals surface area contributed by atoms with Crippen molar-refractivity contribution in [1.29, 1.82) is 0 Å². The summed E-state index contributed by atoms with van der Waals surface area (Å²) in [6.07, 6.45) is -13.4. The molecule has 5 rings (SSSR count). The summed E-state index contributed by atoms with van der Waals surface area (Å²) in [6.45, 7) is 0. The van der Waals surface area contributed by atoms with Gasteiger partial charge in [0.2, 0.25) is 23.7 Å². The van der Waals surface area contributed by atoms with E-state index in [1.54, 1.807) is 0 Å². The zero-order valence-corrected chi connectivity index (χ0v) is 22.2. The Bertz CT molecular complexity index is 1820. The molecule has 18 heteroatoms. The van der Waals surface area contributed by atoms with Gasteiger partial charge in [0.25, 0.3) is 0 Å². The molecule has 0 radical (unpaired) electrons. The van der Waals surface area contributed by atoms with Gasteiger partial charge >= 0.3 is 23.8 Å². The first-order chi connectivity index (χ1) is 21.2. The maximum Gasteiger partial charge on any atom is 0.347 e. The van der Waals surface area contributed by atoms with Crippen LogP contribution in [0, 0.1) is 0 Å². The number of hydrogen-bond donors (Lipinski definition) is 10. The number of carboxylic acids is 2. The molecular weight excluding hydrogens is 612 g/mol. The smallest absolute Gasteiger partial charge is 0.347 e. The normalized spacial score (nSPS) is 25.0. The van der Waals surface area contributed by atoms with Crippen LogP contribution < -0.4 is 10.2 Å². The molecule has 3 heterocycles. The van der Waals surface area contributed by atoms with Gasteiger partial charge in [0.15, 0.2) is 16.9 Å². The van der Waals surface area contributed by atoms with Crippen LogP contribution in [0.25, 0.3) is 22.3 Å². The lowest BCUT2D eigenvalue weighted by Gasteiger charge is -2.34. The van der Waals surface area contributed by atoms with E-state index < -0.39 is 100 Å². The Balaban J connectivity index is 1.60. The standard InChI is InChI=1S/C27H22O18/c28-9-2-1-7(3-10(9)29)13-6-12(31)15-11(30)4-8(5-14(15)42-13)41-27-23(19(35)18(34)22(44-27)25(39)40)45-26-20(36)16(32)17(33)21(43-26)24(37)38/h1-6,16-19,21-22,28-30,32-36H,(H,37,38)(H,39,40)/t16?,17-,18-,19?,21?,22?/m0/s1. The van der Waals surface area contributed by atoms with Gasteiger partial charge in [-0.1, -0.05) is 0 Å². The minimum absolute atomic E-state index is 0.133. The topological polar surface area (TPSA) is 304 Å². The van der Waals surface area contributed by atoms with Gasteiger partial charge in [0, 0.05) is 23.8 Å². The zero-order chi connectivity index (χ0) is 32.9. The molecule has 45 heavy (non-hydrogen) atoms. The van der Waals surface area contributed by atoms with E-state index in [0.717, 1.165) is 30.3 Å². The van der Waals surface area contributed by atoms with Gasteiger partial charge < -0.3 is 74.4 Å². The second-order valence-electron chi connectivity index (χ2n) is 9.65. The van der Waals surface area contributed by atoms with Crippen LogP contribution in [0.5, 0.6) is 23.0 Å². The van der Waals surface area contributed by atoms with Gasteiger partial charge in [-0.25, -0.2) is 9.59 Å². The molecule has 0 spiro atoms. The monoisotopic (exact) mass is 634 g/mol. The average molecular weight is 634 g/mol. The van der Waals surface area contributed by atoms with Crippen LogP contribution in [0.3, 0.4) is 0 Å². The predicted octanol–water partition coefficient (Wildman–Crippen LogP) is -0.721. The van der Waals surface area contributed by atoms with Gasteiger partial charge in [-0.15, -0.1) is 0 Å². The highest BCUT2D eigenvalue weighted by Crippen LogP contribution is 2.37.